The first-order valence-electron chi connectivity index (χ1n) is 22.7. The van der Waals surface area contributed by atoms with Gasteiger partial charge in [-0.2, -0.15) is 0 Å². The van der Waals surface area contributed by atoms with E-state index in [1.165, 1.54) is 180 Å². The molecule has 8 heteroatoms. The molecule has 0 aromatic heterocycles. The van der Waals surface area contributed by atoms with Crippen molar-refractivity contribution in [3.8, 4) is 0 Å². The first-order chi connectivity index (χ1) is 25.7. The second-order valence-corrected chi connectivity index (χ2v) is 15.0. The van der Waals surface area contributed by atoms with Gasteiger partial charge in [-0.15, -0.1) is 0 Å². The van der Waals surface area contributed by atoms with Crippen LogP contribution in [0.25, 0.3) is 0 Å². The minimum atomic E-state index is -0.383. The molecular formula is C44H88N2O6. The molecule has 2 amide bonds. The minimum absolute atomic E-state index is 0.216. The monoisotopic (exact) mass is 741 g/mol. The fourth-order valence-electron chi connectivity index (χ4n) is 6.54. The number of carbonyl (C=O) groups excluding carboxylic acids is 2. The van der Waals surface area contributed by atoms with E-state index in [0.717, 1.165) is 25.7 Å². The summed E-state index contributed by atoms with van der Waals surface area (Å²) in [5.41, 5.74) is 0. The molecule has 2 N–H and O–H groups in total. The van der Waals surface area contributed by atoms with E-state index < -0.39 is 0 Å². The summed E-state index contributed by atoms with van der Waals surface area (Å²) in [7, 11) is 0. The van der Waals surface area contributed by atoms with Crippen LogP contribution in [0.3, 0.4) is 0 Å². The highest BCUT2D eigenvalue weighted by Gasteiger charge is 2.03. The van der Waals surface area contributed by atoms with Gasteiger partial charge >= 0.3 is 12.2 Å². The Kier molecular flexibility index (Phi) is 44.3. The van der Waals surface area contributed by atoms with E-state index in [9.17, 15) is 9.59 Å². The van der Waals surface area contributed by atoms with Crippen molar-refractivity contribution in [3.63, 3.8) is 0 Å². The lowest BCUT2D eigenvalue weighted by molar-refractivity contribution is 0.0156. The maximum atomic E-state index is 11.8. The van der Waals surface area contributed by atoms with Crippen LogP contribution >= 0.6 is 0 Å². The van der Waals surface area contributed by atoms with Gasteiger partial charge in [0.15, 0.2) is 0 Å². The molecule has 310 valence electrons. The topological polar surface area (TPSA) is 95.1 Å². The second-order valence-electron chi connectivity index (χ2n) is 15.0. The molecule has 0 aliphatic carbocycles. The predicted molar refractivity (Wildman–Crippen MR) is 219 cm³/mol. The normalized spacial score (nSPS) is 11.2. The molecule has 0 radical (unpaired) electrons. The summed E-state index contributed by atoms with van der Waals surface area (Å²) in [5, 5.41) is 5.64. The molecule has 0 rings (SSSR count). The number of alkyl carbamates (subject to hydrolysis) is 2. The number of unbranched alkanes of at least 4 members (excludes halogenated alkanes) is 30. The molecule has 0 heterocycles. The van der Waals surface area contributed by atoms with Gasteiger partial charge in [-0.05, 0) is 12.8 Å². The molecular weight excluding hydrogens is 652 g/mol. The summed E-state index contributed by atoms with van der Waals surface area (Å²) in [6.07, 6.45) is 42.1. The zero-order chi connectivity index (χ0) is 37.7. The van der Waals surface area contributed by atoms with E-state index in [-0.39, 0.29) is 25.4 Å². The molecule has 0 atom stereocenters. The van der Waals surface area contributed by atoms with Crippen LogP contribution in [0.5, 0.6) is 0 Å². The molecule has 8 nitrogen and oxygen atoms in total. The van der Waals surface area contributed by atoms with Crippen molar-refractivity contribution in [1.29, 1.82) is 0 Å². The first kappa shape index (κ1) is 50.5. The van der Waals surface area contributed by atoms with Crippen molar-refractivity contribution in [1.82, 2.24) is 10.6 Å². The van der Waals surface area contributed by atoms with E-state index in [4.69, 9.17) is 18.9 Å². The molecule has 0 fully saturated rings. The average molecular weight is 741 g/mol. The molecule has 0 saturated carbocycles. The Morgan fingerprint density at radius 1 is 0.308 bits per heavy atom. The third kappa shape index (κ3) is 44.6. The van der Waals surface area contributed by atoms with Crippen LogP contribution < -0.4 is 10.6 Å². The van der Waals surface area contributed by atoms with Crippen LogP contribution in [-0.4, -0.2) is 64.9 Å². The van der Waals surface area contributed by atoms with Gasteiger partial charge in [0, 0.05) is 13.1 Å². The summed E-state index contributed by atoms with van der Waals surface area (Å²) < 4.78 is 21.2. The number of hydrogen-bond donors (Lipinski definition) is 2. The van der Waals surface area contributed by atoms with Gasteiger partial charge < -0.3 is 29.6 Å². The zero-order valence-corrected chi connectivity index (χ0v) is 34.7. The Bertz CT molecular complexity index is 652. The highest BCUT2D eigenvalue weighted by molar-refractivity contribution is 5.67. The number of amides is 2. The quantitative estimate of drug-likeness (QED) is 0.0604. The van der Waals surface area contributed by atoms with Crippen molar-refractivity contribution < 1.29 is 28.5 Å². The van der Waals surface area contributed by atoms with Gasteiger partial charge in [-0.3, -0.25) is 0 Å². The van der Waals surface area contributed by atoms with Crippen molar-refractivity contribution in [3.05, 3.63) is 0 Å². The highest BCUT2D eigenvalue weighted by atomic mass is 16.6. The van der Waals surface area contributed by atoms with E-state index in [1.807, 2.05) is 0 Å². The Balaban J connectivity index is 3.22. The van der Waals surface area contributed by atoms with Gasteiger partial charge in [0.25, 0.3) is 0 Å². The zero-order valence-electron chi connectivity index (χ0n) is 34.7. The number of ether oxygens (including phenoxy) is 4. The molecule has 0 unspecified atom stereocenters. The van der Waals surface area contributed by atoms with E-state index >= 15 is 0 Å². The molecule has 0 saturated heterocycles. The van der Waals surface area contributed by atoms with E-state index in [0.29, 0.717) is 39.5 Å². The summed E-state index contributed by atoms with van der Waals surface area (Å²) in [4.78, 5) is 23.6. The van der Waals surface area contributed by atoms with Crippen LogP contribution in [0.15, 0.2) is 0 Å². The summed E-state index contributed by atoms with van der Waals surface area (Å²) in [5.74, 6) is 0. The Labute approximate surface area is 322 Å². The number of nitrogens with one attached hydrogen (secondary N) is 2. The van der Waals surface area contributed by atoms with Gasteiger partial charge in [-0.25, -0.2) is 9.59 Å². The van der Waals surface area contributed by atoms with Crippen LogP contribution in [0, 0.1) is 0 Å². The summed E-state index contributed by atoms with van der Waals surface area (Å²) in [6.45, 7) is 7.76. The van der Waals surface area contributed by atoms with E-state index in [2.05, 4.69) is 24.5 Å². The van der Waals surface area contributed by atoms with Gasteiger partial charge in [0.1, 0.15) is 13.2 Å². The smallest absolute Gasteiger partial charge is 0.407 e. The Morgan fingerprint density at radius 3 is 0.769 bits per heavy atom. The highest BCUT2D eigenvalue weighted by Crippen LogP contribution is 2.15. The standard InChI is InChI=1S/C44H88N2O6/c1-3-5-7-9-11-13-15-17-19-21-23-25-27-29-31-33-35-45-43(47)51-41-39-49-37-38-50-40-42-52-44(48)46-36-34-32-30-28-26-24-22-20-18-16-14-12-10-8-6-4-2/h3-42H2,1-2H3,(H,45,47)(H,46,48). The molecule has 52 heavy (non-hydrogen) atoms. The first-order valence-corrected chi connectivity index (χ1v) is 22.7. The molecule has 0 spiro atoms. The molecule has 0 aromatic rings. The van der Waals surface area contributed by atoms with Crippen molar-refractivity contribution in [2.75, 3.05) is 52.7 Å². The Hall–Kier alpha value is -1.54. The van der Waals surface area contributed by atoms with Crippen LogP contribution in [0.1, 0.15) is 219 Å². The third-order valence-electron chi connectivity index (χ3n) is 9.89. The fraction of sp³-hybridized carbons (Fsp3) is 0.955. The van der Waals surface area contributed by atoms with Crippen molar-refractivity contribution in [2.45, 2.75) is 219 Å². The lowest BCUT2D eigenvalue weighted by Gasteiger charge is -2.09. The average Bonchev–Trinajstić information content (AvgIpc) is 3.14. The lowest BCUT2D eigenvalue weighted by atomic mass is 10.0. The van der Waals surface area contributed by atoms with E-state index in [1.54, 1.807) is 0 Å². The SMILES string of the molecule is CCCCCCCCCCCCCCCCCCNC(=O)OCCOCCOCCOC(=O)NCCCCCCCCCCCCCCCCCC. The predicted octanol–water partition coefficient (Wildman–Crippen LogP) is 13.0. The van der Waals surface area contributed by atoms with Gasteiger partial charge in [0.2, 0.25) is 0 Å². The maximum absolute atomic E-state index is 11.8. The summed E-state index contributed by atoms with van der Waals surface area (Å²) >= 11 is 0. The van der Waals surface area contributed by atoms with Crippen LogP contribution in [0.2, 0.25) is 0 Å². The number of rotatable bonds is 43. The largest absolute Gasteiger partial charge is 0.447 e. The summed E-state index contributed by atoms with van der Waals surface area (Å²) in [6, 6.07) is 0. The Morgan fingerprint density at radius 2 is 0.519 bits per heavy atom. The van der Waals surface area contributed by atoms with Gasteiger partial charge in [0.05, 0.1) is 26.4 Å². The van der Waals surface area contributed by atoms with Crippen molar-refractivity contribution >= 4 is 12.2 Å². The lowest BCUT2D eigenvalue weighted by Crippen LogP contribution is -2.27. The van der Waals surface area contributed by atoms with Gasteiger partial charge in [-0.1, -0.05) is 206 Å². The molecule has 0 aliphatic heterocycles. The molecule has 0 aromatic carbocycles. The fourth-order valence-corrected chi connectivity index (χ4v) is 6.54. The maximum Gasteiger partial charge on any atom is 0.407 e. The third-order valence-corrected chi connectivity index (χ3v) is 9.89. The second kappa shape index (κ2) is 45.6. The number of hydrogen-bond acceptors (Lipinski definition) is 6. The molecule has 0 aliphatic rings. The van der Waals surface area contributed by atoms with Crippen LogP contribution in [0.4, 0.5) is 9.59 Å². The minimum Gasteiger partial charge on any atom is -0.447 e. The molecule has 0 bridgehead atoms. The number of carbonyl (C=O) groups is 2. The van der Waals surface area contributed by atoms with Crippen molar-refractivity contribution in [2.24, 2.45) is 0 Å². The van der Waals surface area contributed by atoms with Crippen LogP contribution in [-0.2, 0) is 18.9 Å².